The molecule has 0 atom stereocenters. The van der Waals surface area contributed by atoms with Crippen LogP contribution in [0.4, 0.5) is 5.69 Å². The number of rotatable bonds is 0. The summed E-state index contributed by atoms with van der Waals surface area (Å²) in [5.41, 5.74) is 4.81. The lowest BCUT2D eigenvalue weighted by Gasteiger charge is -2.27. The molecule has 0 saturated carbocycles. The molecule has 2 aromatic heterocycles. The fourth-order valence-corrected chi connectivity index (χ4v) is 5.08. The molecule has 2 aliphatic heterocycles. The molecule has 0 amide bonds. The first kappa shape index (κ1) is 17.0. The average Bonchev–Trinajstić information content (AvgIpc) is 3.34. The summed E-state index contributed by atoms with van der Waals surface area (Å²) in [4.78, 5) is 4.50. The molecule has 2 aliphatic rings. The third kappa shape index (κ3) is 2.32. The van der Waals surface area contributed by atoms with Crippen molar-refractivity contribution in [2.24, 2.45) is 0 Å². The van der Waals surface area contributed by atoms with Crippen molar-refractivity contribution in [3.05, 3.63) is 102 Å². The average molecular weight is 424 g/mol. The first-order valence-corrected chi connectivity index (χ1v) is 11.0. The molecule has 0 unspecified atom stereocenters. The normalized spacial score (nSPS) is 14.3. The molecule has 0 radical (unpaired) electrons. The number of nitrogens with one attached hydrogen (secondary N) is 1. The Balaban J connectivity index is 1.32. The summed E-state index contributed by atoms with van der Waals surface area (Å²) in [5.74, 6) is 2.18. The number of anilines is 1. The van der Waals surface area contributed by atoms with E-state index in [4.69, 9.17) is 9.15 Å². The van der Waals surface area contributed by atoms with Gasteiger partial charge in [0.1, 0.15) is 5.58 Å². The minimum Gasteiger partial charge on any atom is -0.453 e. The highest BCUT2D eigenvalue weighted by molar-refractivity contribution is 6.13. The lowest BCUT2D eigenvalue weighted by Crippen LogP contribution is -2.16. The molecule has 4 aromatic carbocycles. The van der Waals surface area contributed by atoms with E-state index in [9.17, 15) is 0 Å². The molecule has 0 aliphatic carbocycles. The molecule has 8 rings (SSSR count). The van der Waals surface area contributed by atoms with Crippen molar-refractivity contribution in [3.63, 3.8) is 0 Å². The van der Waals surface area contributed by atoms with E-state index >= 15 is 0 Å². The van der Waals surface area contributed by atoms with Crippen molar-refractivity contribution in [2.45, 2.75) is 0 Å². The fourth-order valence-electron chi connectivity index (χ4n) is 5.08. The fraction of sp³-hybridized carbons (Fsp3) is 0. The van der Waals surface area contributed by atoms with E-state index in [1.807, 2.05) is 36.5 Å². The third-order valence-electron chi connectivity index (χ3n) is 6.67. The summed E-state index contributed by atoms with van der Waals surface area (Å²) in [5, 5.41) is 10.6. The highest BCUT2D eigenvalue weighted by Gasteiger charge is 2.25. The van der Waals surface area contributed by atoms with E-state index in [0.29, 0.717) is 11.5 Å². The van der Waals surface area contributed by atoms with Crippen LogP contribution in [0.15, 0.2) is 94.9 Å². The van der Waals surface area contributed by atoms with Crippen LogP contribution in [0.1, 0.15) is 11.3 Å². The lowest BCUT2D eigenvalue weighted by molar-refractivity contribution is 0.411. The summed E-state index contributed by atoms with van der Waals surface area (Å²) < 4.78 is 12.6. The first-order valence-electron chi connectivity index (χ1n) is 11.0. The van der Waals surface area contributed by atoms with Gasteiger partial charge in [-0.1, -0.05) is 48.5 Å². The Labute approximate surface area is 188 Å². The second-order valence-electron chi connectivity index (χ2n) is 8.54. The molecule has 154 valence electrons. The molecule has 4 heterocycles. The van der Waals surface area contributed by atoms with Crippen molar-refractivity contribution < 1.29 is 9.15 Å². The van der Waals surface area contributed by atoms with Crippen LogP contribution in [0.5, 0.6) is 5.75 Å². The second kappa shape index (κ2) is 6.02. The number of nitrogens with zero attached hydrogens (tertiary/aromatic N) is 1. The maximum Gasteiger partial charge on any atom is 0.172 e. The van der Waals surface area contributed by atoms with Crippen LogP contribution in [0, 0.1) is 0 Å². The summed E-state index contributed by atoms with van der Waals surface area (Å²) in [6.07, 6.45) is 5.94. The zero-order valence-corrected chi connectivity index (χ0v) is 17.4. The van der Waals surface area contributed by atoms with Gasteiger partial charge in [-0.15, -0.1) is 0 Å². The maximum atomic E-state index is 6.32. The van der Waals surface area contributed by atoms with E-state index < -0.39 is 0 Å². The predicted octanol–water partition coefficient (Wildman–Crippen LogP) is 7.49. The molecule has 6 aromatic rings. The molecule has 1 N–H and O–H groups in total. The summed E-state index contributed by atoms with van der Waals surface area (Å²) in [7, 11) is 0. The Morgan fingerprint density at radius 2 is 1.64 bits per heavy atom. The first-order chi connectivity index (χ1) is 16.3. The van der Waals surface area contributed by atoms with E-state index in [1.54, 1.807) is 0 Å². The molecule has 4 heteroatoms. The SMILES string of the molecule is C1=C2Nc3c(ccc4c3ccc3ccccc34)C=C2Oc2cc3c(ccc4ccnc43)oc21. The predicted molar refractivity (Wildman–Crippen MR) is 133 cm³/mol. The zero-order chi connectivity index (χ0) is 21.5. The van der Waals surface area contributed by atoms with Gasteiger partial charge in [0.25, 0.3) is 0 Å². The van der Waals surface area contributed by atoms with Gasteiger partial charge in [-0.3, -0.25) is 4.98 Å². The van der Waals surface area contributed by atoms with Gasteiger partial charge in [-0.25, -0.2) is 0 Å². The van der Waals surface area contributed by atoms with Crippen LogP contribution >= 0.6 is 0 Å². The van der Waals surface area contributed by atoms with Crippen LogP contribution < -0.4 is 10.1 Å². The minimum absolute atomic E-state index is 0.696. The summed E-state index contributed by atoms with van der Waals surface area (Å²) in [6, 6.07) is 25.3. The van der Waals surface area contributed by atoms with Gasteiger partial charge in [0, 0.05) is 34.0 Å². The van der Waals surface area contributed by atoms with Crippen LogP contribution in [0.3, 0.4) is 0 Å². The number of hydrogen-bond donors (Lipinski definition) is 1. The maximum absolute atomic E-state index is 6.32. The molecule has 0 fully saturated rings. The van der Waals surface area contributed by atoms with Gasteiger partial charge in [-0.05, 0) is 46.5 Å². The van der Waals surface area contributed by atoms with Crippen LogP contribution in [0.2, 0.25) is 0 Å². The van der Waals surface area contributed by atoms with Gasteiger partial charge in [-0.2, -0.15) is 0 Å². The molecule has 0 bridgehead atoms. The Hall–Kier alpha value is -4.57. The molecular weight excluding hydrogens is 408 g/mol. The molecule has 0 saturated heterocycles. The Kier molecular flexibility index (Phi) is 3.11. The van der Waals surface area contributed by atoms with Gasteiger partial charge in [0.15, 0.2) is 17.3 Å². The smallest absolute Gasteiger partial charge is 0.172 e. The van der Waals surface area contributed by atoms with Crippen molar-refractivity contribution in [3.8, 4) is 5.75 Å². The van der Waals surface area contributed by atoms with Crippen LogP contribution in [-0.2, 0) is 0 Å². The van der Waals surface area contributed by atoms with Crippen molar-refractivity contribution in [2.75, 3.05) is 5.32 Å². The highest BCUT2D eigenvalue weighted by atomic mass is 16.5. The van der Waals surface area contributed by atoms with Crippen molar-refractivity contribution in [1.29, 1.82) is 0 Å². The lowest BCUT2D eigenvalue weighted by atomic mass is 9.95. The Bertz CT molecular complexity index is 1870. The van der Waals surface area contributed by atoms with Gasteiger partial charge in [0.2, 0.25) is 0 Å². The van der Waals surface area contributed by atoms with Crippen LogP contribution in [-0.4, -0.2) is 4.98 Å². The number of ether oxygens (including phenoxy) is 1. The summed E-state index contributed by atoms with van der Waals surface area (Å²) >= 11 is 0. The monoisotopic (exact) mass is 424 g/mol. The Morgan fingerprint density at radius 1 is 0.727 bits per heavy atom. The zero-order valence-electron chi connectivity index (χ0n) is 17.4. The standard InChI is InChI=1S/C29H16N2O2/c1-2-4-19-16(3-1)5-9-21-20(19)8-6-18-13-25-23(31-29(18)21)15-27-26(33-25)14-22-24(32-27)10-7-17-11-12-30-28(17)22/h1-15,31H. The number of hydrogen-bond acceptors (Lipinski definition) is 4. The van der Waals surface area contributed by atoms with Gasteiger partial charge in [0.05, 0.1) is 16.9 Å². The number of benzene rings is 4. The van der Waals surface area contributed by atoms with Crippen molar-refractivity contribution >= 4 is 61.3 Å². The second-order valence-corrected chi connectivity index (χ2v) is 8.54. The molecule has 4 nitrogen and oxygen atoms in total. The van der Waals surface area contributed by atoms with E-state index in [2.05, 4.69) is 64.9 Å². The number of aromatic nitrogens is 1. The van der Waals surface area contributed by atoms with E-state index in [1.165, 1.54) is 21.5 Å². The van der Waals surface area contributed by atoms with Gasteiger partial charge < -0.3 is 14.5 Å². The largest absolute Gasteiger partial charge is 0.453 e. The van der Waals surface area contributed by atoms with E-state index in [0.717, 1.165) is 44.6 Å². The minimum atomic E-state index is 0.696. The molecule has 0 spiro atoms. The van der Waals surface area contributed by atoms with Crippen LogP contribution in [0.25, 0.3) is 55.6 Å². The quantitative estimate of drug-likeness (QED) is 0.257. The summed E-state index contributed by atoms with van der Waals surface area (Å²) in [6.45, 7) is 0. The van der Waals surface area contributed by atoms with E-state index in [-0.39, 0.29) is 0 Å². The van der Waals surface area contributed by atoms with Gasteiger partial charge >= 0.3 is 0 Å². The highest BCUT2D eigenvalue weighted by Crippen LogP contribution is 2.43. The molecule has 33 heavy (non-hydrogen) atoms. The topological polar surface area (TPSA) is 47.3 Å². The number of fused-ring (bicyclic) bond motifs is 10. The van der Waals surface area contributed by atoms with Crippen molar-refractivity contribution in [1.82, 2.24) is 4.98 Å². The Morgan fingerprint density at radius 3 is 2.64 bits per heavy atom. The third-order valence-corrected chi connectivity index (χ3v) is 6.67. The molecular formula is C29H16N2O2.